The maximum atomic E-state index is 11.3. The number of fused-ring (bicyclic) bond motifs is 1. The quantitative estimate of drug-likeness (QED) is 0.365. The highest BCUT2D eigenvalue weighted by Crippen LogP contribution is 2.55. The Labute approximate surface area is 210 Å². The molecule has 0 aromatic heterocycles. The average Bonchev–Trinajstić information content (AvgIpc) is 2.87. The van der Waals surface area contributed by atoms with Gasteiger partial charge < -0.3 is 9.84 Å². The Bertz CT molecular complexity index is 618. The van der Waals surface area contributed by atoms with E-state index in [1.165, 1.54) is 96.3 Å². The monoisotopic (exact) mass is 474 g/mol. The molecule has 34 heavy (non-hydrogen) atoms. The van der Waals surface area contributed by atoms with Gasteiger partial charge in [0.05, 0.1) is 6.10 Å². The van der Waals surface area contributed by atoms with E-state index in [1.807, 2.05) is 7.11 Å². The lowest BCUT2D eigenvalue weighted by Crippen LogP contribution is -2.45. The topological polar surface area (TPSA) is 46.5 Å². The number of hydrogen-bond donors (Lipinski definition) is 1. The van der Waals surface area contributed by atoms with Crippen molar-refractivity contribution in [3.63, 3.8) is 0 Å². The lowest BCUT2D eigenvalue weighted by Gasteiger charge is -2.53. The minimum absolute atomic E-state index is 0.368. The van der Waals surface area contributed by atoms with E-state index in [2.05, 4.69) is 13.8 Å². The second-order valence-corrected chi connectivity index (χ2v) is 13.2. The fourth-order valence-corrected chi connectivity index (χ4v) is 9.42. The SMILES string of the molecule is COC1CCC(C[C@@H](C)C2CCC(C(C)C3CCCCC3)C3CCC(CCC(=O)O)CC32)CC1. The Morgan fingerprint density at radius 2 is 1.50 bits per heavy atom. The highest BCUT2D eigenvalue weighted by Gasteiger charge is 2.47. The van der Waals surface area contributed by atoms with E-state index in [4.69, 9.17) is 4.74 Å². The van der Waals surface area contributed by atoms with Crippen LogP contribution < -0.4 is 0 Å². The molecule has 4 saturated carbocycles. The van der Waals surface area contributed by atoms with Crippen LogP contribution in [0.1, 0.15) is 123 Å². The first-order chi connectivity index (χ1) is 16.5. The van der Waals surface area contributed by atoms with E-state index < -0.39 is 5.97 Å². The van der Waals surface area contributed by atoms with Gasteiger partial charge in [-0.15, -0.1) is 0 Å². The van der Waals surface area contributed by atoms with Gasteiger partial charge in [-0.05, 0) is 117 Å². The summed E-state index contributed by atoms with van der Waals surface area (Å²) in [6.07, 6.45) is 22.6. The molecule has 0 heterocycles. The van der Waals surface area contributed by atoms with Crippen molar-refractivity contribution >= 4 is 5.97 Å². The molecular formula is C31H54O3. The van der Waals surface area contributed by atoms with E-state index >= 15 is 0 Å². The minimum atomic E-state index is -0.605. The minimum Gasteiger partial charge on any atom is -0.481 e. The van der Waals surface area contributed by atoms with Crippen LogP contribution in [-0.2, 0) is 9.53 Å². The number of carboxylic acids is 1. The van der Waals surface area contributed by atoms with Crippen LogP contribution in [0.2, 0.25) is 0 Å². The van der Waals surface area contributed by atoms with Crippen LogP contribution in [0.3, 0.4) is 0 Å². The Kier molecular flexibility index (Phi) is 9.82. The smallest absolute Gasteiger partial charge is 0.303 e. The van der Waals surface area contributed by atoms with Crippen LogP contribution in [0.4, 0.5) is 0 Å². The molecule has 0 radical (unpaired) electrons. The Balaban J connectivity index is 1.42. The zero-order valence-corrected chi connectivity index (χ0v) is 22.6. The van der Waals surface area contributed by atoms with Gasteiger partial charge in [0.25, 0.3) is 0 Å². The summed E-state index contributed by atoms with van der Waals surface area (Å²) in [5.41, 5.74) is 0. The average molecular weight is 475 g/mol. The second-order valence-electron chi connectivity index (χ2n) is 13.2. The van der Waals surface area contributed by atoms with Gasteiger partial charge in [-0.3, -0.25) is 4.79 Å². The fourth-order valence-electron chi connectivity index (χ4n) is 9.42. The van der Waals surface area contributed by atoms with Gasteiger partial charge in [0, 0.05) is 13.5 Å². The molecule has 4 aliphatic carbocycles. The van der Waals surface area contributed by atoms with Gasteiger partial charge >= 0.3 is 5.97 Å². The van der Waals surface area contributed by atoms with Crippen molar-refractivity contribution in [1.82, 2.24) is 0 Å². The maximum absolute atomic E-state index is 11.3. The summed E-state index contributed by atoms with van der Waals surface area (Å²) in [6.45, 7) is 5.20. The Hall–Kier alpha value is -0.570. The molecule has 1 N–H and O–H groups in total. The third-order valence-corrected chi connectivity index (χ3v) is 11.4. The third-order valence-electron chi connectivity index (χ3n) is 11.4. The summed E-state index contributed by atoms with van der Waals surface area (Å²) in [5, 5.41) is 9.29. The summed E-state index contributed by atoms with van der Waals surface area (Å²) in [5.74, 6) is 7.16. The van der Waals surface area contributed by atoms with E-state index in [1.54, 1.807) is 0 Å². The number of carboxylic acid groups (broad SMARTS) is 1. The molecular weight excluding hydrogens is 420 g/mol. The predicted molar refractivity (Wildman–Crippen MR) is 140 cm³/mol. The number of ether oxygens (including phenoxy) is 1. The van der Waals surface area contributed by atoms with E-state index in [0.717, 1.165) is 53.8 Å². The summed E-state index contributed by atoms with van der Waals surface area (Å²) < 4.78 is 5.63. The standard InChI is InChI=1S/C31H54O3/c1-21(19-23-9-13-26(34-3)14-10-23)27-16-17-28(22(2)25-7-5-4-6-8-25)29-15-11-24(20-30(27)29)12-18-31(32)33/h21-30H,4-20H2,1-3H3,(H,32,33)/t21-,22?,23?,24?,26?,27?,28?,29?,30?/m1/s1. The first-order valence-corrected chi connectivity index (χ1v) is 15.2. The number of hydrogen-bond acceptors (Lipinski definition) is 2. The van der Waals surface area contributed by atoms with Gasteiger partial charge in [0.15, 0.2) is 0 Å². The van der Waals surface area contributed by atoms with Crippen LogP contribution in [-0.4, -0.2) is 24.3 Å². The molecule has 3 heteroatoms. The van der Waals surface area contributed by atoms with Gasteiger partial charge in [-0.25, -0.2) is 0 Å². The third kappa shape index (κ3) is 6.60. The van der Waals surface area contributed by atoms with Crippen LogP contribution in [0.5, 0.6) is 0 Å². The van der Waals surface area contributed by atoms with Crippen LogP contribution in [0, 0.1) is 53.3 Å². The summed E-state index contributed by atoms with van der Waals surface area (Å²) in [7, 11) is 1.88. The van der Waals surface area contributed by atoms with Gasteiger partial charge in [-0.2, -0.15) is 0 Å². The lowest BCUT2D eigenvalue weighted by atomic mass is 9.52. The first kappa shape index (κ1) is 26.5. The Morgan fingerprint density at radius 3 is 2.18 bits per heavy atom. The van der Waals surface area contributed by atoms with Crippen molar-refractivity contribution in [1.29, 1.82) is 0 Å². The summed E-state index contributed by atoms with van der Waals surface area (Å²) in [6, 6.07) is 0. The van der Waals surface area contributed by atoms with Crippen molar-refractivity contribution in [2.24, 2.45) is 53.3 Å². The molecule has 6 unspecified atom stereocenters. The van der Waals surface area contributed by atoms with Gasteiger partial charge in [0.1, 0.15) is 0 Å². The van der Waals surface area contributed by atoms with Crippen LogP contribution in [0.15, 0.2) is 0 Å². The number of methoxy groups -OCH3 is 1. The van der Waals surface area contributed by atoms with Crippen LogP contribution in [0.25, 0.3) is 0 Å². The van der Waals surface area contributed by atoms with Crippen molar-refractivity contribution < 1.29 is 14.6 Å². The largest absolute Gasteiger partial charge is 0.481 e. The summed E-state index contributed by atoms with van der Waals surface area (Å²) in [4.78, 5) is 11.3. The zero-order valence-electron chi connectivity index (χ0n) is 22.6. The molecule has 0 saturated heterocycles. The molecule has 4 rings (SSSR count). The van der Waals surface area contributed by atoms with Crippen LogP contribution >= 0.6 is 0 Å². The lowest BCUT2D eigenvalue weighted by molar-refractivity contribution is -0.137. The van der Waals surface area contributed by atoms with Gasteiger partial charge in [0.2, 0.25) is 0 Å². The fraction of sp³-hybridized carbons (Fsp3) is 0.968. The molecule has 3 nitrogen and oxygen atoms in total. The first-order valence-electron chi connectivity index (χ1n) is 15.2. The molecule has 196 valence electrons. The van der Waals surface area contributed by atoms with Crippen molar-refractivity contribution in [2.75, 3.05) is 7.11 Å². The molecule has 0 amide bonds. The molecule has 0 aromatic rings. The van der Waals surface area contributed by atoms with Crippen molar-refractivity contribution in [3.05, 3.63) is 0 Å². The molecule has 4 fully saturated rings. The molecule has 7 atom stereocenters. The van der Waals surface area contributed by atoms with E-state index in [9.17, 15) is 9.90 Å². The number of aliphatic carboxylic acids is 1. The number of carbonyl (C=O) groups is 1. The number of rotatable bonds is 9. The normalized spacial score (nSPS) is 39.2. The highest BCUT2D eigenvalue weighted by molar-refractivity contribution is 5.66. The molecule has 0 bridgehead atoms. The predicted octanol–water partition coefficient (Wildman–Crippen LogP) is 8.36. The molecule has 0 aromatic carbocycles. The van der Waals surface area contributed by atoms with E-state index in [0.29, 0.717) is 18.4 Å². The van der Waals surface area contributed by atoms with Crippen molar-refractivity contribution in [3.8, 4) is 0 Å². The van der Waals surface area contributed by atoms with Gasteiger partial charge in [-0.1, -0.05) is 52.4 Å². The van der Waals surface area contributed by atoms with E-state index in [-0.39, 0.29) is 0 Å². The second kappa shape index (κ2) is 12.6. The zero-order chi connectivity index (χ0) is 24.1. The van der Waals surface area contributed by atoms with Crippen molar-refractivity contribution in [2.45, 2.75) is 129 Å². The highest BCUT2D eigenvalue weighted by atomic mass is 16.5. The maximum Gasteiger partial charge on any atom is 0.303 e. The molecule has 0 aliphatic heterocycles. The molecule has 0 spiro atoms. The Morgan fingerprint density at radius 1 is 0.824 bits per heavy atom. The summed E-state index contributed by atoms with van der Waals surface area (Å²) >= 11 is 0. The molecule has 4 aliphatic rings.